The Bertz CT molecular complexity index is 671. The first-order valence-electron chi connectivity index (χ1n) is 7.23. The quantitative estimate of drug-likeness (QED) is 0.631. The van der Waals surface area contributed by atoms with Gasteiger partial charge in [-0.1, -0.05) is 11.8 Å². The highest BCUT2D eigenvalue weighted by atomic mass is 32.2. The maximum atomic E-state index is 4.56. The maximum absolute atomic E-state index is 4.56. The van der Waals surface area contributed by atoms with E-state index in [1.165, 1.54) is 0 Å². The number of nitrogens with zero attached hydrogens (tertiary/aromatic N) is 6. The van der Waals surface area contributed by atoms with E-state index in [1.807, 2.05) is 25.4 Å². The van der Waals surface area contributed by atoms with Gasteiger partial charge in [0.2, 0.25) is 0 Å². The van der Waals surface area contributed by atoms with Crippen LogP contribution in [0.3, 0.4) is 0 Å². The van der Waals surface area contributed by atoms with Gasteiger partial charge in [0, 0.05) is 37.6 Å². The molecule has 0 amide bonds. The summed E-state index contributed by atoms with van der Waals surface area (Å²) >= 11 is 1.56. The van der Waals surface area contributed by atoms with Gasteiger partial charge in [-0.25, -0.2) is 19.9 Å². The lowest BCUT2D eigenvalue weighted by Crippen LogP contribution is -2.59. The van der Waals surface area contributed by atoms with Gasteiger partial charge >= 0.3 is 0 Å². The number of hydrogen-bond acceptors (Lipinski definition) is 7. The van der Waals surface area contributed by atoms with Crippen LogP contribution in [0.4, 0.5) is 11.6 Å². The van der Waals surface area contributed by atoms with Crippen molar-refractivity contribution >= 4 is 23.4 Å². The summed E-state index contributed by atoms with van der Waals surface area (Å²) in [5.41, 5.74) is 2.21. The molecule has 2 aromatic rings. The molecule has 0 aliphatic carbocycles. The van der Waals surface area contributed by atoms with Crippen LogP contribution < -0.4 is 9.80 Å². The lowest BCUT2D eigenvalue weighted by atomic mass is 10.1. The molecule has 6 nitrogen and oxygen atoms in total. The van der Waals surface area contributed by atoms with Gasteiger partial charge in [0.05, 0.1) is 6.04 Å². The molecule has 1 saturated heterocycles. The van der Waals surface area contributed by atoms with E-state index in [-0.39, 0.29) is 0 Å². The third-order valence-corrected chi connectivity index (χ3v) is 4.74. The predicted molar refractivity (Wildman–Crippen MR) is 89.7 cm³/mol. The lowest BCUT2D eigenvalue weighted by Gasteiger charge is -2.45. The smallest absolute Gasteiger partial charge is 0.189 e. The topological polar surface area (TPSA) is 58.0 Å². The largest absolute Gasteiger partial charge is 0.353 e. The highest BCUT2D eigenvalue weighted by Gasteiger charge is 2.32. The fraction of sp³-hybridized carbons (Fsp3) is 0.467. The molecular formula is C15H20N6S. The third kappa shape index (κ3) is 2.72. The lowest BCUT2D eigenvalue weighted by molar-refractivity contribution is 0.487. The molecule has 0 radical (unpaired) electrons. The molecule has 0 saturated carbocycles. The van der Waals surface area contributed by atoms with Crippen molar-refractivity contribution in [3.05, 3.63) is 29.8 Å². The van der Waals surface area contributed by atoms with Crippen molar-refractivity contribution in [1.82, 2.24) is 19.9 Å². The van der Waals surface area contributed by atoms with Crippen LogP contribution >= 0.6 is 11.8 Å². The predicted octanol–water partition coefficient (Wildman–Crippen LogP) is 1.93. The van der Waals surface area contributed by atoms with Gasteiger partial charge in [-0.15, -0.1) is 0 Å². The summed E-state index contributed by atoms with van der Waals surface area (Å²) in [6.07, 6.45) is 5.45. The Labute approximate surface area is 135 Å². The van der Waals surface area contributed by atoms with Crippen LogP contribution in [0.25, 0.3) is 0 Å². The van der Waals surface area contributed by atoms with Crippen molar-refractivity contribution < 1.29 is 0 Å². The first-order valence-corrected chi connectivity index (χ1v) is 8.45. The minimum Gasteiger partial charge on any atom is -0.353 e. The molecule has 0 unspecified atom stereocenters. The highest BCUT2D eigenvalue weighted by molar-refractivity contribution is 7.98. The van der Waals surface area contributed by atoms with E-state index in [1.54, 1.807) is 18.1 Å². The van der Waals surface area contributed by atoms with Crippen LogP contribution in [-0.4, -0.2) is 52.4 Å². The van der Waals surface area contributed by atoms with Crippen molar-refractivity contribution in [1.29, 1.82) is 0 Å². The van der Waals surface area contributed by atoms with Crippen molar-refractivity contribution in [3.63, 3.8) is 0 Å². The molecule has 0 spiro atoms. The van der Waals surface area contributed by atoms with E-state index in [2.05, 4.69) is 43.7 Å². The summed E-state index contributed by atoms with van der Waals surface area (Å²) in [5.74, 6) is 2.02. The number of aryl methyl sites for hydroxylation is 1. The number of rotatable bonds is 4. The second-order valence-corrected chi connectivity index (χ2v) is 6.25. The second kappa shape index (κ2) is 6.08. The van der Waals surface area contributed by atoms with Crippen LogP contribution in [0, 0.1) is 13.8 Å². The molecule has 0 N–H and O–H groups in total. The number of hydrogen-bond donors (Lipinski definition) is 0. The van der Waals surface area contributed by atoms with Crippen molar-refractivity contribution in [2.45, 2.75) is 25.0 Å². The molecule has 1 aliphatic heterocycles. The number of aromatic nitrogens is 4. The Kier molecular flexibility index (Phi) is 4.15. The Morgan fingerprint density at radius 1 is 1.23 bits per heavy atom. The van der Waals surface area contributed by atoms with Gasteiger partial charge in [-0.05, 0) is 26.2 Å². The molecule has 116 valence electrons. The number of anilines is 2. The third-order valence-electron chi connectivity index (χ3n) is 4.18. The van der Waals surface area contributed by atoms with E-state index >= 15 is 0 Å². The first kappa shape index (κ1) is 15.0. The van der Waals surface area contributed by atoms with Crippen LogP contribution in [0.1, 0.15) is 11.3 Å². The zero-order valence-electron chi connectivity index (χ0n) is 13.3. The zero-order chi connectivity index (χ0) is 15.7. The summed E-state index contributed by atoms with van der Waals surface area (Å²) in [6.45, 7) is 6.00. The Morgan fingerprint density at radius 2 is 2.00 bits per heavy atom. The van der Waals surface area contributed by atoms with Gasteiger partial charge in [-0.2, -0.15) is 0 Å². The first-order chi connectivity index (χ1) is 10.6. The van der Waals surface area contributed by atoms with E-state index in [9.17, 15) is 0 Å². The fourth-order valence-electron chi connectivity index (χ4n) is 2.53. The Balaban J connectivity index is 1.68. The number of likely N-dealkylation sites (N-methyl/N-ethyl adjacent to an activating group) is 1. The minimum absolute atomic E-state index is 0.444. The average molecular weight is 316 g/mol. The van der Waals surface area contributed by atoms with E-state index in [0.717, 1.165) is 41.1 Å². The monoisotopic (exact) mass is 316 g/mol. The molecule has 0 atom stereocenters. The van der Waals surface area contributed by atoms with E-state index in [4.69, 9.17) is 0 Å². The van der Waals surface area contributed by atoms with Crippen LogP contribution in [0.2, 0.25) is 0 Å². The van der Waals surface area contributed by atoms with Gasteiger partial charge in [0.15, 0.2) is 5.16 Å². The normalized spacial score (nSPS) is 14.8. The summed E-state index contributed by atoms with van der Waals surface area (Å²) < 4.78 is 0. The molecule has 7 heteroatoms. The maximum Gasteiger partial charge on any atom is 0.189 e. The summed E-state index contributed by atoms with van der Waals surface area (Å²) in [4.78, 5) is 22.0. The Hall–Kier alpha value is -1.89. The van der Waals surface area contributed by atoms with Crippen LogP contribution in [0.15, 0.2) is 23.7 Å². The van der Waals surface area contributed by atoms with Crippen molar-refractivity contribution in [2.75, 3.05) is 36.2 Å². The fourth-order valence-corrected chi connectivity index (χ4v) is 2.88. The molecule has 1 fully saturated rings. The highest BCUT2D eigenvalue weighted by Crippen LogP contribution is 2.27. The summed E-state index contributed by atoms with van der Waals surface area (Å²) in [5, 5.41) is 0.808. The molecule has 1 aliphatic rings. The van der Waals surface area contributed by atoms with Crippen molar-refractivity contribution in [3.8, 4) is 0 Å². The van der Waals surface area contributed by atoms with Gasteiger partial charge in [-0.3, -0.25) is 0 Å². The second-order valence-electron chi connectivity index (χ2n) is 5.48. The molecule has 2 aromatic heterocycles. The SMILES string of the molecule is CSc1nccc(N(C)C2CN(c3ncnc(C)c3C)C2)n1. The van der Waals surface area contributed by atoms with Gasteiger partial charge < -0.3 is 9.80 Å². The number of thioether (sulfide) groups is 1. The zero-order valence-corrected chi connectivity index (χ0v) is 14.1. The summed E-state index contributed by atoms with van der Waals surface area (Å²) in [6, 6.07) is 2.40. The van der Waals surface area contributed by atoms with E-state index < -0.39 is 0 Å². The van der Waals surface area contributed by atoms with Gasteiger partial charge in [0.25, 0.3) is 0 Å². The van der Waals surface area contributed by atoms with Crippen LogP contribution in [-0.2, 0) is 0 Å². The van der Waals surface area contributed by atoms with Crippen LogP contribution in [0.5, 0.6) is 0 Å². The molecule has 3 heterocycles. The van der Waals surface area contributed by atoms with Crippen molar-refractivity contribution in [2.24, 2.45) is 0 Å². The standard InChI is InChI=1S/C15H20N6S/c1-10-11(2)17-9-18-14(10)21-7-12(8-21)20(3)13-5-6-16-15(19-13)22-4/h5-6,9,12H,7-8H2,1-4H3. The average Bonchev–Trinajstić information content (AvgIpc) is 2.50. The van der Waals surface area contributed by atoms with E-state index in [0.29, 0.717) is 6.04 Å². The minimum atomic E-state index is 0.444. The molecule has 0 bridgehead atoms. The van der Waals surface area contributed by atoms with Gasteiger partial charge in [0.1, 0.15) is 18.0 Å². The molecule has 3 rings (SSSR count). The Morgan fingerprint density at radius 3 is 2.73 bits per heavy atom. The summed E-state index contributed by atoms with van der Waals surface area (Å²) in [7, 11) is 2.09. The molecule has 22 heavy (non-hydrogen) atoms. The molecular weight excluding hydrogens is 296 g/mol. The molecule has 0 aromatic carbocycles.